The van der Waals surface area contributed by atoms with Crippen LogP contribution in [-0.2, 0) is 6.42 Å². The number of aryl methyl sites for hydroxylation is 1. The number of fused-ring (bicyclic) bond motifs is 1. The van der Waals surface area contributed by atoms with E-state index < -0.39 is 0 Å². The summed E-state index contributed by atoms with van der Waals surface area (Å²) in [7, 11) is 0. The third-order valence-electron chi connectivity index (χ3n) is 3.75. The van der Waals surface area contributed by atoms with Crippen molar-refractivity contribution in [2.75, 3.05) is 6.61 Å². The Morgan fingerprint density at radius 2 is 2.40 bits per heavy atom. The molecule has 1 aromatic carbocycles. The minimum absolute atomic E-state index is 0.534. The highest BCUT2D eigenvalue weighted by molar-refractivity contribution is 5.41. The van der Waals surface area contributed by atoms with Crippen LogP contribution in [0.4, 0.5) is 0 Å². The zero-order chi connectivity index (χ0) is 14.4. The lowest BCUT2D eigenvalue weighted by Crippen LogP contribution is -2.15. The van der Waals surface area contributed by atoms with Gasteiger partial charge in [0.05, 0.1) is 6.61 Å². The Morgan fingerprint density at radius 1 is 1.55 bits per heavy atom. The molecule has 0 aromatic heterocycles. The van der Waals surface area contributed by atoms with Crippen molar-refractivity contribution in [1.29, 1.82) is 0 Å². The fourth-order valence-electron chi connectivity index (χ4n) is 2.78. The first-order valence-electron chi connectivity index (χ1n) is 7.37. The number of terminal acetylenes is 1. The summed E-state index contributed by atoms with van der Waals surface area (Å²) < 4.78 is 5.78. The predicted octanol–water partition coefficient (Wildman–Crippen LogP) is 3.98. The van der Waals surface area contributed by atoms with E-state index in [1.54, 1.807) is 0 Å². The number of hydrogen-bond donors (Lipinski definition) is 1. The van der Waals surface area contributed by atoms with Crippen molar-refractivity contribution < 1.29 is 4.74 Å². The van der Waals surface area contributed by atoms with Gasteiger partial charge in [-0.1, -0.05) is 37.5 Å². The predicted molar refractivity (Wildman–Crippen MR) is 83.6 cm³/mol. The van der Waals surface area contributed by atoms with Gasteiger partial charge in [-0.25, -0.2) is 0 Å². The Labute approximate surface area is 122 Å². The summed E-state index contributed by atoms with van der Waals surface area (Å²) in [5, 5.41) is 2.83. The van der Waals surface area contributed by atoms with Gasteiger partial charge in [-0.2, -0.15) is 0 Å². The van der Waals surface area contributed by atoms with Crippen LogP contribution in [0.5, 0.6) is 5.75 Å². The van der Waals surface area contributed by atoms with Crippen molar-refractivity contribution in [3.05, 3.63) is 41.1 Å². The molecule has 1 aliphatic rings. The molecule has 0 amide bonds. The molecular weight excluding hydrogens is 246 g/mol. The van der Waals surface area contributed by atoms with E-state index in [2.05, 4.69) is 43.4 Å². The summed E-state index contributed by atoms with van der Waals surface area (Å²) >= 11 is 0. The monoisotopic (exact) mass is 269 g/mol. The fraction of sp³-hybridized carbons (Fsp3) is 0.444. The molecule has 0 fully saturated rings. The molecule has 1 N–H and O–H groups in total. The molecule has 0 bridgehead atoms. The largest absolute Gasteiger partial charge is 0.493 e. The van der Waals surface area contributed by atoms with Gasteiger partial charge in [0.25, 0.3) is 0 Å². The first kappa shape index (κ1) is 14.5. The summed E-state index contributed by atoms with van der Waals surface area (Å²) in [5.41, 5.74) is 4.04. The quantitative estimate of drug-likeness (QED) is 0.645. The van der Waals surface area contributed by atoms with E-state index in [9.17, 15) is 0 Å². The van der Waals surface area contributed by atoms with Crippen molar-refractivity contribution in [2.45, 2.75) is 45.4 Å². The first-order valence-corrected chi connectivity index (χ1v) is 7.37. The van der Waals surface area contributed by atoms with E-state index in [1.165, 1.54) is 23.1 Å². The van der Waals surface area contributed by atoms with Crippen LogP contribution < -0.4 is 10.1 Å². The molecule has 0 saturated carbocycles. The molecule has 0 saturated heterocycles. The second-order valence-corrected chi connectivity index (χ2v) is 5.44. The molecule has 2 heteroatoms. The first-order chi connectivity index (χ1) is 9.74. The molecule has 1 unspecified atom stereocenters. The molecular formula is C18H23NO. The molecule has 2 rings (SSSR count). The molecule has 1 aromatic rings. The van der Waals surface area contributed by atoms with Crippen LogP contribution in [0.15, 0.2) is 30.0 Å². The standard InChI is InChI=1S/C18H23NO/c1-4-6-15-7-8-18-17(12-15)16(9-10-20-18)11-14(3)13-19-5-2/h2,7-8,12-13,16,19H,4,6,9-11H2,1,3H3/b14-13+. The van der Waals surface area contributed by atoms with Crippen LogP contribution in [0.1, 0.15) is 50.2 Å². The van der Waals surface area contributed by atoms with Gasteiger partial charge in [-0.3, -0.25) is 0 Å². The van der Waals surface area contributed by atoms with E-state index in [0.717, 1.165) is 31.6 Å². The van der Waals surface area contributed by atoms with E-state index in [4.69, 9.17) is 11.2 Å². The van der Waals surface area contributed by atoms with E-state index >= 15 is 0 Å². The number of hydrogen-bond acceptors (Lipinski definition) is 2. The van der Waals surface area contributed by atoms with Gasteiger partial charge >= 0.3 is 0 Å². The van der Waals surface area contributed by atoms with Gasteiger partial charge in [-0.05, 0) is 49.3 Å². The van der Waals surface area contributed by atoms with Crippen LogP contribution in [0.25, 0.3) is 0 Å². The Kier molecular flexibility index (Phi) is 5.12. The molecule has 1 atom stereocenters. The Morgan fingerprint density at radius 3 is 3.15 bits per heavy atom. The maximum Gasteiger partial charge on any atom is 0.122 e. The molecule has 2 nitrogen and oxygen atoms in total. The van der Waals surface area contributed by atoms with Crippen molar-refractivity contribution in [2.24, 2.45) is 0 Å². The molecule has 1 aliphatic heterocycles. The second-order valence-electron chi connectivity index (χ2n) is 5.44. The lowest BCUT2D eigenvalue weighted by molar-refractivity contribution is 0.266. The lowest BCUT2D eigenvalue weighted by Gasteiger charge is -2.27. The van der Waals surface area contributed by atoms with Gasteiger partial charge in [0.15, 0.2) is 0 Å². The molecule has 1 heterocycles. The topological polar surface area (TPSA) is 21.3 Å². The maximum absolute atomic E-state index is 5.78. The van der Waals surface area contributed by atoms with Crippen molar-refractivity contribution in [1.82, 2.24) is 5.32 Å². The highest BCUT2D eigenvalue weighted by Crippen LogP contribution is 2.38. The van der Waals surface area contributed by atoms with Gasteiger partial charge in [0.1, 0.15) is 5.75 Å². The number of allylic oxidation sites excluding steroid dienone is 1. The SMILES string of the molecule is C#CN/C=C(\C)CC1CCOc2ccc(CCC)cc21. The highest BCUT2D eigenvalue weighted by Gasteiger charge is 2.21. The summed E-state index contributed by atoms with van der Waals surface area (Å²) in [6.45, 7) is 5.14. The average Bonchev–Trinajstić information content (AvgIpc) is 2.46. The van der Waals surface area contributed by atoms with Crippen LogP contribution >= 0.6 is 0 Å². The van der Waals surface area contributed by atoms with Gasteiger partial charge < -0.3 is 10.1 Å². The van der Waals surface area contributed by atoms with Crippen LogP contribution in [0.2, 0.25) is 0 Å². The Hall–Kier alpha value is -1.88. The third-order valence-corrected chi connectivity index (χ3v) is 3.75. The lowest BCUT2D eigenvalue weighted by atomic mass is 9.86. The fourth-order valence-corrected chi connectivity index (χ4v) is 2.78. The minimum atomic E-state index is 0.534. The smallest absolute Gasteiger partial charge is 0.122 e. The van der Waals surface area contributed by atoms with Gasteiger partial charge in [-0.15, -0.1) is 0 Å². The third kappa shape index (κ3) is 3.57. The molecule has 0 spiro atoms. The molecule has 20 heavy (non-hydrogen) atoms. The van der Waals surface area contributed by atoms with E-state index in [1.807, 2.05) is 6.20 Å². The second kappa shape index (κ2) is 7.05. The number of rotatable bonds is 5. The van der Waals surface area contributed by atoms with Crippen LogP contribution in [-0.4, -0.2) is 6.61 Å². The summed E-state index contributed by atoms with van der Waals surface area (Å²) in [6, 6.07) is 9.07. The molecule has 106 valence electrons. The minimum Gasteiger partial charge on any atom is -0.493 e. The van der Waals surface area contributed by atoms with Crippen LogP contribution in [0.3, 0.4) is 0 Å². The summed E-state index contributed by atoms with van der Waals surface area (Å²) in [6.07, 6.45) is 11.5. The van der Waals surface area contributed by atoms with E-state index in [-0.39, 0.29) is 0 Å². The van der Waals surface area contributed by atoms with Crippen molar-refractivity contribution >= 4 is 0 Å². The van der Waals surface area contributed by atoms with Crippen molar-refractivity contribution in [3.8, 4) is 18.2 Å². The Balaban J connectivity index is 2.18. The van der Waals surface area contributed by atoms with E-state index in [0.29, 0.717) is 5.92 Å². The summed E-state index contributed by atoms with van der Waals surface area (Å²) in [4.78, 5) is 0. The average molecular weight is 269 g/mol. The number of benzene rings is 1. The van der Waals surface area contributed by atoms with Gasteiger partial charge in [0, 0.05) is 12.2 Å². The van der Waals surface area contributed by atoms with Crippen LogP contribution in [0, 0.1) is 12.5 Å². The van der Waals surface area contributed by atoms with Gasteiger partial charge in [0.2, 0.25) is 0 Å². The number of nitrogens with one attached hydrogen (secondary N) is 1. The zero-order valence-electron chi connectivity index (χ0n) is 12.4. The highest BCUT2D eigenvalue weighted by atomic mass is 16.5. The summed E-state index contributed by atoms with van der Waals surface area (Å²) in [5.74, 6) is 1.59. The molecule has 0 aliphatic carbocycles. The maximum atomic E-state index is 5.78. The molecule has 0 radical (unpaired) electrons. The zero-order valence-corrected chi connectivity index (χ0v) is 12.4. The number of ether oxygens (including phenoxy) is 1. The Bertz CT molecular complexity index is 525. The van der Waals surface area contributed by atoms with Crippen molar-refractivity contribution in [3.63, 3.8) is 0 Å². The normalized spacial score (nSPS) is 17.9.